The van der Waals surface area contributed by atoms with Gasteiger partial charge in [0.15, 0.2) is 5.17 Å². The molecular weight excluding hydrogens is 642 g/mol. The zero-order valence-electron chi connectivity index (χ0n) is 16.7. The third-order valence-corrected chi connectivity index (χ3v) is 6.84. The number of rotatable bonds is 6. The van der Waals surface area contributed by atoms with Crippen molar-refractivity contribution in [1.82, 2.24) is 4.90 Å². The summed E-state index contributed by atoms with van der Waals surface area (Å²) in [6.07, 6.45) is 3.56. The van der Waals surface area contributed by atoms with Gasteiger partial charge in [-0.1, -0.05) is 12.7 Å². The molecular formula is C22H18I2N2O4S. The predicted molar refractivity (Wildman–Crippen MR) is 141 cm³/mol. The average Bonchev–Trinajstić information content (AvgIpc) is 3.01. The van der Waals surface area contributed by atoms with Gasteiger partial charge in [0, 0.05) is 7.05 Å². The lowest BCUT2D eigenvalue weighted by molar-refractivity contribution is -0.121. The molecule has 0 spiro atoms. The van der Waals surface area contributed by atoms with Crippen molar-refractivity contribution < 1.29 is 19.1 Å². The van der Waals surface area contributed by atoms with Gasteiger partial charge in [-0.05, 0) is 105 Å². The van der Waals surface area contributed by atoms with Crippen LogP contribution in [-0.2, 0) is 9.53 Å². The van der Waals surface area contributed by atoms with Crippen LogP contribution in [0, 0.1) is 7.14 Å². The van der Waals surface area contributed by atoms with Crippen LogP contribution in [0.15, 0.2) is 59.0 Å². The van der Waals surface area contributed by atoms with E-state index in [0.717, 1.165) is 18.5 Å². The highest BCUT2D eigenvalue weighted by molar-refractivity contribution is 14.1. The number of aliphatic imine (C=N–C) groups is 1. The Hall–Kier alpha value is -1.86. The summed E-state index contributed by atoms with van der Waals surface area (Å²) < 4.78 is 12.3. The van der Waals surface area contributed by atoms with E-state index >= 15 is 0 Å². The molecule has 0 unspecified atom stereocenters. The first-order chi connectivity index (χ1) is 14.8. The summed E-state index contributed by atoms with van der Waals surface area (Å²) in [6.45, 7) is 4.11. The summed E-state index contributed by atoms with van der Waals surface area (Å²) in [5, 5.41) is 0.567. The number of methoxy groups -OCH3 is 1. The molecule has 0 aliphatic carbocycles. The van der Waals surface area contributed by atoms with E-state index in [4.69, 9.17) is 9.47 Å². The van der Waals surface area contributed by atoms with E-state index in [1.165, 1.54) is 23.8 Å². The molecule has 1 aliphatic rings. The molecule has 1 saturated heterocycles. The van der Waals surface area contributed by atoms with Gasteiger partial charge in [0.1, 0.15) is 12.4 Å². The first kappa shape index (κ1) is 23.8. The molecule has 1 aliphatic heterocycles. The van der Waals surface area contributed by atoms with Crippen LogP contribution in [0.4, 0.5) is 5.69 Å². The normalized spacial score (nSPS) is 16.1. The minimum absolute atomic E-state index is 0.119. The van der Waals surface area contributed by atoms with Crippen LogP contribution in [0.2, 0.25) is 0 Å². The van der Waals surface area contributed by atoms with Gasteiger partial charge < -0.3 is 9.47 Å². The maximum atomic E-state index is 12.7. The topological polar surface area (TPSA) is 68.2 Å². The summed E-state index contributed by atoms with van der Waals surface area (Å²) >= 11 is 5.76. The van der Waals surface area contributed by atoms with Gasteiger partial charge in [-0.15, -0.1) is 0 Å². The summed E-state index contributed by atoms with van der Waals surface area (Å²) in [5.74, 6) is 0.285. The van der Waals surface area contributed by atoms with Crippen molar-refractivity contribution >= 4 is 85.8 Å². The van der Waals surface area contributed by atoms with Gasteiger partial charge in [-0.2, -0.15) is 0 Å². The molecule has 0 bridgehead atoms. The number of hydrogen-bond donors (Lipinski definition) is 0. The second-order valence-electron chi connectivity index (χ2n) is 6.32. The van der Waals surface area contributed by atoms with Gasteiger partial charge in [-0.25, -0.2) is 9.79 Å². The minimum atomic E-state index is -0.405. The van der Waals surface area contributed by atoms with E-state index in [1.807, 2.05) is 18.2 Å². The molecule has 3 rings (SSSR count). The Morgan fingerprint density at radius 2 is 1.87 bits per heavy atom. The van der Waals surface area contributed by atoms with Gasteiger partial charge in [-0.3, -0.25) is 9.69 Å². The minimum Gasteiger partial charge on any atom is -0.487 e. The number of amidine groups is 1. The summed E-state index contributed by atoms with van der Waals surface area (Å²) in [7, 11) is 3.03. The van der Waals surface area contributed by atoms with Crippen molar-refractivity contribution in [2.75, 3.05) is 20.8 Å². The lowest BCUT2D eigenvalue weighted by Gasteiger charge is -2.10. The van der Waals surface area contributed by atoms with E-state index in [1.54, 1.807) is 37.4 Å². The van der Waals surface area contributed by atoms with Crippen LogP contribution in [0.3, 0.4) is 0 Å². The number of benzene rings is 2. The van der Waals surface area contributed by atoms with Crippen LogP contribution in [0.1, 0.15) is 15.9 Å². The number of halogens is 2. The largest absolute Gasteiger partial charge is 0.487 e. The number of thioether (sulfide) groups is 1. The van der Waals surface area contributed by atoms with Crippen molar-refractivity contribution in [1.29, 1.82) is 0 Å². The number of carbonyl (C=O) groups is 2. The molecule has 1 fully saturated rings. The monoisotopic (exact) mass is 660 g/mol. The summed E-state index contributed by atoms with van der Waals surface area (Å²) in [6, 6.07) is 10.7. The fourth-order valence-electron chi connectivity index (χ4n) is 2.65. The standard InChI is InChI=1S/C22H18I2N2O4S/c1-4-9-30-19-16(23)10-13(11-17(19)24)12-18-20(27)26(2)22(31-18)25-15-7-5-14(6-8-15)21(28)29-3/h4-8,10-12H,1,9H2,2-3H3/b18-12+,25-22?. The van der Waals surface area contributed by atoms with Crippen LogP contribution >= 0.6 is 56.9 Å². The fraction of sp³-hybridized carbons (Fsp3) is 0.136. The predicted octanol–water partition coefficient (Wildman–Crippen LogP) is 5.48. The zero-order chi connectivity index (χ0) is 22.5. The summed E-state index contributed by atoms with van der Waals surface area (Å²) in [4.78, 5) is 30.9. The molecule has 6 nitrogen and oxygen atoms in total. The molecule has 0 saturated carbocycles. The van der Waals surface area contributed by atoms with Crippen LogP contribution < -0.4 is 4.74 Å². The molecule has 0 atom stereocenters. The van der Waals surface area contributed by atoms with Crippen LogP contribution in [0.25, 0.3) is 6.08 Å². The lowest BCUT2D eigenvalue weighted by atomic mass is 10.2. The van der Waals surface area contributed by atoms with Gasteiger partial charge >= 0.3 is 5.97 Å². The molecule has 2 aromatic rings. The highest BCUT2D eigenvalue weighted by Gasteiger charge is 2.30. The van der Waals surface area contributed by atoms with Crippen molar-refractivity contribution in [2.45, 2.75) is 0 Å². The van der Waals surface area contributed by atoms with Crippen molar-refractivity contribution in [3.8, 4) is 5.75 Å². The molecule has 0 N–H and O–H groups in total. The number of hydrogen-bond acceptors (Lipinski definition) is 6. The third-order valence-electron chi connectivity index (χ3n) is 4.18. The second kappa shape index (κ2) is 10.6. The van der Waals surface area contributed by atoms with E-state index < -0.39 is 5.97 Å². The highest BCUT2D eigenvalue weighted by Crippen LogP contribution is 2.35. The Kier molecular flexibility index (Phi) is 8.17. The third kappa shape index (κ3) is 5.69. The molecule has 31 heavy (non-hydrogen) atoms. The average molecular weight is 660 g/mol. The van der Waals surface area contributed by atoms with Crippen LogP contribution in [-0.4, -0.2) is 42.7 Å². The maximum absolute atomic E-state index is 12.7. The van der Waals surface area contributed by atoms with Gasteiger partial charge in [0.05, 0.1) is 30.4 Å². The van der Waals surface area contributed by atoms with E-state index in [2.05, 4.69) is 56.8 Å². The SMILES string of the molecule is C=CCOc1c(I)cc(/C=C2/SC(=Nc3ccc(C(=O)OC)cc3)N(C)C2=O)cc1I. The number of ether oxygens (including phenoxy) is 2. The molecule has 0 radical (unpaired) electrons. The number of esters is 1. The highest BCUT2D eigenvalue weighted by atomic mass is 127. The fourth-order valence-corrected chi connectivity index (χ4v) is 5.76. The first-order valence-corrected chi connectivity index (χ1v) is 12.0. The number of amides is 1. The number of carbonyl (C=O) groups excluding carboxylic acids is 2. The van der Waals surface area contributed by atoms with E-state index in [-0.39, 0.29) is 5.91 Å². The number of nitrogens with zero attached hydrogens (tertiary/aromatic N) is 2. The summed E-state index contributed by atoms with van der Waals surface area (Å²) in [5.41, 5.74) is 2.00. The quantitative estimate of drug-likeness (QED) is 0.178. The molecule has 2 aromatic carbocycles. The van der Waals surface area contributed by atoms with E-state index in [0.29, 0.717) is 27.9 Å². The Labute approximate surface area is 212 Å². The number of likely N-dealkylation sites (N-methyl/N-ethyl adjacent to an activating group) is 1. The van der Waals surface area contributed by atoms with Crippen molar-refractivity contribution in [3.63, 3.8) is 0 Å². The van der Waals surface area contributed by atoms with Crippen LogP contribution in [0.5, 0.6) is 5.75 Å². The molecule has 9 heteroatoms. The van der Waals surface area contributed by atoms with Crippen molar-refractivity contribution in [3.05, 3.63) is 72.2 Å². The molecule has 160 valence electrons. The van der Waals surface area contributed by atoms with Gasteiger partial charge in [0.25, 0.3) is 5.91 Å². The Morgan fingerprint density at radius 3 is 2.45 bits per heavy atom. The Balaban J connectivity index is 1.84. The first-order valence-electron chi connectivity index (χ1n) is 9.01. The van der Waals surface area contributed by atoms with E-state index in [9.17, 15) is 9.59 Å². The Bertz CT molecular complexity index is 1070. The maximum Gasteiger partial charge on any atom is 0.337 e. The second-order valence-corrected chi connectivity index (χ2v) is 9.65. The molecule has 1 amide bonds. The molecule has 0 aromatic heterocycles. The smallest absolute Gasteiger partial charge is 0.337 e. The van der Waals surface area contributed by atoms with Gasteiger partial charge in [0.2, 0.25) is 0 Å². The van der Waals surface area contributed by atoms with Crippen molar-refractivity contribution in [2.24, 2.45) is 4.99 Å². The lowest BCUT2D eigenvalue weighted by Crippen LogP contribution is -2.23. The molecule has 1 heterocycles. The zero-order valence-corrected chi connectivity index (χ0v) is 21.9. The Morgan fingerprint density at radius 1 is 1.23 bits per heavy atom.